The number of rotatable bonds is 3. The summed E-state index contributed by atoms with van der Waals surface area (Å²) in [6.07, 6.45) is 0.673. The molecule has 0 aliphatic heterocycles. The molecule has 0 aliphatic carbocycles. The molecule has 50 valence electrons. The van der Waals surface area contributed by atoms with Crippen LogP contribution in [0.15, 0.2) is 0 Å². The minimum Gasteiger partial charge on any atom is -0.385 e. The molecule has 0 aliphatic rings. The SMILES string of the molecule is COCCC(C)(Cl)Cl. The van der Waals surface area contributed by atoms with Crippen molar-refractivity contribution in [3.63, 3.8) is 0 Å². The highest BCUT2D eigenvalue weighted by Gasteiger charge is 2.14. The fourth-order valence-corrected chi connectivity index (χ4v) is 0.436. The Morgan fingerprint density at radius 1 is 1.50 bits per heavy atom. The van der Waals surface area contributed by atoms with Crippen molar-refractivity contribution in [2.45, 2.75) is 17.7 Å². The van der Waals surface area contributed by atoms with Crippen molar-refractivity contribution in [3.8, 4) is 0 Å². The molecule has 0 unspecified atom stereocenters. The molecule has 0 saturated carbocycles. The minimum absolute atomic E-state index is 0.615. The van der Waals surface area contributed by atoms with Crippen LogP contribution in [0, 0.1) is 0 Å². The highest BCUT2D eigenvalue weighted by Crippen LogP contribution is 2.23. The lowest BCUT2D eigenvalue weighted by atomic mass is 10.3. The van der Waals surface area contributed by atoms with Crippen molar-refractivity contribution >= 4 is 23.2 Å². The van der Waals surface area contributed by atoms with Gasteiger partial charge in [0.1, 0.15) is 4.33 Å². The number of halogens is 2. The van der Waals surface area contributed by atoms with E-state index in [0.717, 1.165) is 0 Å². The Morgan fingerprint density at radius 3 is 2.12 bits per heavy atom. The van der Waals surface area contributed by atoms with Crippen LogP contribution in [0.4, 0.5) is 0 Å². The van der Waals surface area contributed by atoms with Crippen LogP contribution >= 0.6 is 23.2 Å². The number of ether oxygens (including phenoxy) is 1. The molecule has 0 rings (SSSR count). The normalized spacial score (nSPS) is 12.0. The van der Waals surface area contributed by atoms with E-state index in [9.17, 15) is 0 Å². The smallest absolute Gasteiger partial charge is 0.117 e. The molecule has 0 atom stereocenters. The Labute approximate surface area is 59.9 Å². The van der Waals surface area contributed by atoms with Gasteiger partial charge in [-0.15, -0.1) is 23.2 Å². The number of hydrogen-bond acceptors (Lipinski definition) is 1. The van der Waals surface area contributed by atoms with Crippen molar-refractivity contribution in [1.82, 2.24) is 0 Å². The van der Waals surface area contributed by atoms with Crippen LogP contribution < -0.4 is 0 Å². The standard InChI is InChI=1S/C5H10Cl2O/c1-5(6,7)3-4-8-2/h3-4H2,1-2H3. The van der Waals surface area contributed by atoms with Gasteiger partial charge >= 0.3 is 0 Å². The lowest BCUT2D eigenvalue weighted by molar-refractivity contribution is 0.192. The summed E-state index contributed by atoms with van der Waals surface area (Å²) in [6.45, 7) is 2.36. The van der Waals surface area contributed by atoms with Gasteiger partial charge in [-0.3, -0.25) is 0 Å². The Balaban J connectivity index is 3.11. The summed E-state index contributed by atoms with van der Waals surface area (Å²) in [5.41, 5.74) is 0. The zero-order chi connectivity index (χ0) is 6.62. The molecule has 0 aromatic heterocycles. The molecule has 0 N–H and O–H groups in total. The molecule has 0 radical (unpaired) electrons. The van der Waals surface area contributed by atoms with E-state index in [-0.39, 0.29) is 0 Å². The molecule has 1 nitrogen and oxygen atoms in total. The van der Waals surface area contributed by atoms with Crippen LogP contribution in [0.25, 0.3) is 0 Å². The number of alkyl halides is 2. The van der Waals surface area contributed by atoms with E-state index < -0.39 is 4.33 Å². The van der Waals surface area contributed by atoms with Crippen LogP contribution in [-0.2, 0) is 4.74 Å². The highest BCUT2D eigenvalue weighted by molar-refractivity contribution is 6.48. The monoisotopic (exact) mass is 156 g/mol. The topological polar surface area (TPSA) is 9.23 Å². The second-order valence-corrected chi connectivity index (χ2v) is 3.67. The maximum Gasteiger partial charge on any atom is 0.117 e. The van der Waals surface area contributed by atoms with Crippen molar-refractivity contribution in [1.29, 1.82) is 0 Å². The van der Waals surface area contributed by atoms with Gasteiger partial charge in [-0.05, 0) is 6.92 Å². The molecule has 8 heavy (non-hydrogen) atoms. The van der Waals surface area contributed by atoms with E-state index in [1.807, 2.05) is 0 Å². The zero-order valence-electron chi connectivity index (χ0n) is 5.08. The predicted octanol–water partition coefficient (Wildman–Crippen LogP) is 2.22. The summed E-state index contributed by atoms with van der Waals surface area (Å²) in [5.74, 6) is 0. The predicted molar refractivity (Wildman–Crippen MR) is 36.6 cm³/mol. The Morgan fingerprint density at radius 2 is 2.00 bits per heavy atom. The fraction of sp³-hybridized carbons (Fsp3) is 1.00. The quantitative estimate of drug-likeness (QED) is 0.570. The van der Waals surface area contributed by atoms with Gasteiger partial charge < -0.3 is 4.74 Å². The molecule has 0 amide bonds. The second-order valence-electron chi connectivity index (χ2n) is 1.81. The van der Waals surface area contributed by atoms with Crippen molar-refractivity contribution in [2.24, 2.45) is 0 Å². The summed E-state index contributed by atoms with van der Waals surface area (Å²) in [4.78, 5) is 0. The van der Waals surface area contributed by atoms with E-state index in [1.165, 1.54) is 0 Å². The van der Waals surface area contributed by atoms with Crippen molar-refractivity contribution in [3.05, 3.63) is 0 Å². The summed E-state index contributed by atoms with van der Waals surface area (Å²) < 4.78 is 4.12. The van der Waals surface area contributed by atoms with Crippen LogP contribution in [-0.4, -0.2) is 18.1 Å². The van der Waals surface area contributed by atoms with Crippen LogP contribution in [0.5, 0.6) is 0 Å². The molecule has 0 heterocycles. The van der Waals surface area contributed by atoms with E-state index in [4.69, 9.17) is 27.9 Å². The Hall–Kier alpha value is 0.540. The van der Waals surface area contributed by atoms with Gasteiger partial charge in [0.15, 0.2) is 0 Å². The fourth-order valence-electron chi connectivity index (χ4n) is 0.281. The molecule has 0 saturated heterocycles. The minimum atomic E-state index is -0.629. The Kier molecular flexibility index (Phi) is 3.78. The summed E-state index contributed by atoms with van der Waals surface area (Å²) in [6, 6.07) is 0. The van der Waals surface area contributed by atoms with Gasteiger partial charge in [0.05, 0.1) is 0 Å². The first-order valence-corrected chi connectivity index (χ1v) is 3.18. The van der Waals surface area contributed by atoms with Crippen molar-refractivity contribution in [2.75, 3.05) is 13.7 Å². The Bertz CT molecular complexity index is 57.9. The first-order valence-electron chi connectivity index (χ1n) is 2.43. The molecule has 0 bridgehead atoms. The third-order valence-corrected chi connectivity index (χ3v) is 1.12. The van der Waals surface area contributed by atoms with Gasteiger partial charge in [-0.1, -0.05) is 0 Å². The molecule has 0 aromatic carbocycles. The summed E-state index contributed by atoms with van der Waals surface area (Å²) in [5, 5.41) is 0. The molecular weight excluding hydrogens is 147 g/mol. The van der Waals surface area contributed by atoms with Gasteiger partial charge in [-0.25, -0.2) is 0 Å². The molecule has 0 spiro atoms. The first-order chi connectivity index (χ1) is 3.56. The van der Waals surface area contributed by atoms with E-state index in [1.54, 1.807) is 14.0 Å². The maximum atomic E-state index is 5.60. The average molecular weight is 157 g/mol. The van der Waals surface area contributed by atoms with Crippen molar-refractivity contribution < 1.29 is 4.74 Å². The second kappa shape index (κ2) is 3.54. The largest absolute Gasteiger partial charge is 0.385 e. The maximum absolute atomic E-state index is 5.60. The highest BCUT2D eigenvalue weighted by atomic mass is 35.5. The van der Waals surface area contributed by atoms with E-state index >= 15 is 0 Å². The van der Waals surface area contributed by atoms with E-state index in [2.05, 4.69) is 0 Å². The van der Waals surface area contributed by atoms with Gasteiger partial charge in [0.25, 0.3) is 0 Å². The van der Waals surface area contributed by atoms with Gasteiger partial charge in [-0.2, -0.15) is 0 Å². The third-order valence-electron chi connectivity index (χ3n) is 0.745. The lowest BCUT2D eigenvalue weighted by Gasteiger charge is -2.10. The van der Waals surface area contributed by atoms with Gasteiger partial charge in [0.2, 0.25) is 0 Å². The van der Waals surface area contributed by atoms with Crippen LogP contribution in [0.3, 0.4) is 0 Å². The van der Waals surface area contributed by atoms with Gasteiger partial charge in [0, 0.05) is 20.1 Å². The average Bonchev–Trinajstić information content (AvgIpc) is 1.59. The molecule has 0 aromatic rings. The number of methoxy groups -OCH3 is 1. The molecule has 3 heteroatoms. The lowest BCUT2D eigenvalue weighted by Crippen LogP contribution is -2.09. The van der Waals surface area contributed by atoms with Crippen LogP contribution in [0.1, 0.15) is 13.3 Å². The summed E-state index contributed by atoms with van der Waals surface area (Å²) >= 11 is 11.2. The zero-order valence-corrected chi connectivity index (χ0v) is 6.59. The third kappa shape index (κ3) is 6.54. The molecule has 0 fully saturated rings. The number of hydrogen-bond donors (Lipinski definition) is 0. The summed E-state index contributed by atoms with van der Waals surface area (Å²) in [7, 11) is 1.62. The first kappa shape index (κ1) is 8.54. The molecular formula is C5H10Cl2O. The van der Waals surface area contributed by atoms with Crippen LogP contribution in [0.2, 0.25) is 0 Å². The van der Waals surface area contributed by atoms with E-state index in [0.29, 0.717) is 13.0 Å².